The third kappa shape index (κ3) is 3.97. The molecule has 0 radical (unpaired) electrons. The van der Waals surface area contributed by atoms with E-state index in [2.05, 4.69) is 42.4 Å². The van der Waals surface area contributed by atoms with Crippen molar-refractivity contribution in [1.82, 2.24) is 9.97 Å². The lowest BCUT2D eigenvalue weighted by Gasteiger charge is -2.14. The average Bonchev–Trinajstić information content (AvgIpc) is 2.52. The fourth-order valence-electron chi connectivity index (χ4n) is 2.28. The van der Waals surface area contributed by atoms with E-state index in [1.807, 2.05) is 0 Å². The Hall–Kier alpha value is -1.84. The second kappa shape index (κ2) is 6.96. The van der Waals surface area contributed by atoms with Gasteiger partial charge < -0.3 is 15.4 Å². The van der Waals surface area contributed by atoms with Gasteiger partial charge in [-0.3, -0.25) is 5.14 Å². The van der Waals surface area contributed by atoms with Crippen molar-refractivity contribution in [2.75, 3.05) is 23.8 Å². The summed E-state index contributed by atoms with van der Waals surface area (Å²) in [7, 11) is -2.86. The van der Waals surface area contributed by atoms with Crippen LogP contribution in [0.2, 0.25) is 0 Å². The van der Waals surface area contributed by atoms with E-state index in [0.29, 0.717) is 28.9 Å². The number of ether oxygens (including phenoxy) is 1. The minimum absolute atomic E-state index is 0.401. The molecule has 1 aliphatic rings. The highest BCUT2D eigenvalue weighted by molar-refractivity contribution is 9.10. The lowest BCUT2D eigenvalue weighted by molar-refractivity contribution is 0.301. The number of aromatic nitrogens is 2. The molecule has 0 amide bonds. The van der Waals surface area contributed by atoms with Crippen LogP contribution in [-0.2, 0) is 9.71 Å². The fraction of sp³-hybridized carbons (Fsp3) is 0.267. The van der Waals surface area contributed by atoms with Gasteiger partial charge >= 0.3 is 0 Å². The third-order valence-electron chi connectivity index (χ3n) is 3.44. The summed E-state index contributed by atoms with van der Waals surface area (Å²) >= 11 is 3.43. The number of hydrogen-bond acceptors (Lipinski definition) is 6. The maximum Gasteiger partial charge on any atom is 0.229 e. The molecule has 0 aliphatic carbocycles. The molecule has 2 heterocycles. The van der Waals surface area contributed by atoms with Gasteiger partial charge in [0.25, 0.3) is 0 Å². The van der Waals surface area contributed by atoms with Gasteiger partial charge in [-0.15, -0.1) is 0 Å². The van der Waals surface area contributed by atoms with Gasteiger partial charge in [0.2, 0.25) is 5.95 Å². The molecule has 4 N–H and O–H groups in total. The van der Waals surface area contributed by atoms with Gasteiger partial charge in [0, 0.05) is 24.5 Å². The van der Waals surface area contributed by atoms with E-state index in [0.717, 1.165) is 29.7 Å². The van der Waals surface area contributed by atoms with Crippen LogP contribution in [0.1, 0.15) is 12.8 Å². The van der Waals surface area contributed by atoms with E-state index < -0.39 is 9.71 Å². The molecule has 9 heteroatoms. The Morgan fingerprint density at radius 1 is 1.38 bits per heavy atom. The zero-order chi connectivity index (χ0) is 17.2. The molecule has 1 unspecified atom stereocenters. The Bertz CT molecular complexity index is 857. The first-order valence-corrected chi connectivity index (χ1v) is 9.97. The molecule has 0 saturated carbocycles. The highest BCUT2D eigenvalue weighted by Crippen LogP contribution is 2.29. The van der Waals surface area contributed by atoms with Crippen molar-refractivity contribution < 1.29 is 8.95 Å². The predicted octanol–water partition coefficient (Wildman–Crippen LogP) is 2.52. The molecule has 0 saturated heterocycles. The van der Waals surface area contributed by atoms with E-state index >= 15 is 0 Å². The number of benzene rings is 1. The van der Waals surface area contributed by atoms with Crippen LogP contribution in [0.5, 0.6) is 5.75 Å². The van der Waals surface area contributed by atoms with E-state index in [9.17, 15) is 4.21 Å². The molecular formula is C15H18BrN5O2S. The smallest absolute Gasteiger partial charge is 0.229 e. The molecule has 3 rings (SSSR count). The summed E-state index contributed by atoms with van der Waals surface area (Å²) in [6.45, 7) is 1.25. The van der Waals surface area contributed by atoms with Gasteiger partial charge in [0.15, 0.2) is 0 Å². The SMILES string of the molecule is C=S(N)(=O)c1ccc2cc1OCCCCNc1nc(ncc1Br)N2. The zero-order valence-electron chi connectivity index (χ0n) is 12.9. The molecule has 0 spiro atoms. The van der Waals surface area contributed by atoms with Crippen LogP contribution < -0.4 is 20.5 Å². The third-order valence-corrected chi connectivity index (χ3v) is 5.10. The van der Waals surface area contributed by atoms with Crippen LogP contribution in [0.4, 0.5) is 17.5 Å². The number of rotatable bonds is 1. The van der Waals surface area contributed by atoms with E-state index in [1.165, 1.54) is 0 Å². The number of nitrogens with zero attached hydrogens (tertiary/aromatic N) is 2. The van der Waals surface area contributed by atoms with Crippen LogP contribution >= 0.6 is 15.9 Å². The van der Waals surface area contributed by atoms with Crippen molar-refractivity contribution in [3.63, 3.8) is 0 Å². The molecule has 1 atom stereocenters. The summed E-state index contributed by atoms with van der Waals surface area (Å²) < 4.78 is 18.7. The van der Waals surface area contributed by atoms with E-state index in [-0.39, 0.29) is 0 Å². The van der Waals surface area contributed by atoms with Crippen molar-refractivity contribution in [1.29, 1.82) is 0 Å². The lowest BCUT2D eigenvalue weighted by atomic mass is 10.3. The van der Waals surface area contributed by atoms with Crippen LogP contribution in [0.25, 0.3) is 0 Å². The van der Waals surface area contributed by atoms with Gasteiger partial charge in [-0.1, -0.05) is 0 Å². The van der Waals surface area contributed by atoms with Crippen LogP contribution in [0.3, 0.4) is 0 Å². The quantitative estimate of drug-likeness (QED) is 0.623. The number of hydrogen-bond donors (Lipinski definition) is 3. The Kier molecular flexibility index (Phi) is 4.93. The highest BCUT2D eigenvalue weighted by atomic mass is 79.9. The van der Waals surface area contributed by atoms with Crippen molar-refractivity contribution >= 4 is 49.0 Å². The summed E-state index contributed by atoms with van der Waals surface area (Å²) in [5, 5.41) is 12.1. The number of halogens is 1. The molecule has 24 heavy (non-hydrogen) atoms. The summed E-state index contributed by atoms with van der Waals surface area (Å²) in [5.41, 5.74) is 0.713. The Labute approximate surface area is 149 Å². The van der Waals surface area contributed by atoms with Gasteiger partial charge in [-0.2, -0.15) is 4.98 Å². The van der Waals surface area contributed by atoms with Crippen LogP contribution in [0, 0.1) is 0 Å². The van der Waals surface area contributed by atoms with Crippen molar-refractivity contribution in [2.45, 2.75) is 17.7 Å². The van der Waals surface area contributed by atoms with Gasteiger partial charge in [-0.25, -0.2) is 9.19 Å². The molecule has 0 fully saturated rings. The molecule has 7 nitrogen and oxygen atoms in total. The maximum atomic E-state index is 12.1. The second-order valence-electron chi connectivity index (χ2n) is 5.39. The minimum atomic E-state index is -2.86. The van der Waals surface area contributed by atoms with E-state index in [1.54, 1.807) is 24.4 Å². The number of anilines is 3. The van der Waals surface area contributed by atoms with Gasteiger partial charge in [0.05, 0.1) is 25.7 Å². The second-order valence-corrected chi connectivity index (χ2v) is 8.13. The largest absolute Gasteiger partial charge is 0.492 e. The standard InChI is InChI=1S/C15H18BrN5O2S/c1-24(17,22)13-5-4-10-8-12(13)23-7-3-2-6-18-14-11(16)9-19-15(20-10)21-14/h4-5,8-9H,1-3,6-7H2,(H2,17,22)(H2,18,19,20,21). The van der Waals surface area contributed by atoms with Gasteiger partial charge in [0.1, 0.15) is 11.6 Å². The van der Waals surface area contributed by atoms with E-state index in [4.69, 9.17) is 9.88 Å². The Balaban J connectivity index is 2.01. The maximum absolute atomic E-state index is 12.1. The van der Waals surface area contributed by atoms with Crippen LogP contribution in [-0.4, -0.2) is 33.2 Å². The Morgan fingerprint density at radius 2 is 2.21 bits per heavy atom. The molecule has 1 aliphatic heterocycles. The predicted molar refractivity (Wildman–Crippen MR) is 100 cm³/mol. The first-order chi connectivity index (χ1) is 11.4. The van der Waals surface area contributed by atoms with Crippen molar-refractivity contribution in [3.8, 4) is 5.75 Å². The number of nitrogens with two attached hydrogens (primary N) is 1. The zero-order valence-corrected chi connectivity index (χ0v) is 15.3. The first kappa shape index (κ1) is 17.0. The first-order valence-electron chi connectivity index (χ1n) is 7.39. The molecule has 2 aromatic rings. The molecule has 4 bridgehead atoms. The molecule has 1 aromatic carbocycles. The van der Waals surface area contributed by atoms with Crippen molar-refractivity contribution in [2.24, 2.45) is 5.14 Å². The summed E-state index contributed by atoms with van der Waals surface area (Å²) in [5.74, 6) is 5.18. The van der Waals surface area contributed by atoms with Crippen LogP contribution in [0.15, 0.2) is 33.8 Å². The van der Waals surface area contributed by atoms with Crippen molar-refractivity contribution in [3.05, 3.63) is 28.9 Å². The average molecular weight is 412 g/mol. The molecule has 1 aromatic heterocycles. The fourth-order valence-corrected chi connectivity index (χ4v) is 3.37. The monoisotopic (exact) mass is 411 g/mol. The van der Waals surface area contributed by atoms with Gasteiger partial charge in [-0.05, 0) is 46.8 Å². The number of fused-ring (bicyclic) bond motifs is 4. The highest BCUT2D eigenvalue weighted by Gasteiger charge is 2.13. The summed E-state index contributed by atoms with van der Waals surface area (Å²) in [4.78, 5) is 9.09. The topological polar surface area (TPSA) is 102 Å². The molecular weight excluding hydrogens is 394 g/mol. The number of nitrogens with one attached hydrogen (secondary N) is 2. The summed E-state index contributed by atoms with van der Waals surface area (Å²) in [6.07, 6.45) is 3.42. The lowest BCUT2D eigenvalue weighted by Crippen LogP contribution is -2.14. The molecule has 128 valence electrons. The Morgan fingerprint density at radius 3 is 3.00 bits per heavy atom. The normalized spacial score (nSPS) is 16.9. The minimum Gasteiger partial charge on any atom is -0.492 e. The summed E-state index contributed by atoms with van der Waals surface area (Å²) in [6, 6.07) is 5.14.